The van der Waals surface area contributed by atoms with Crippen LogP contribution in [-0.4, -0.2) is 0 Å². The molecule has 0 unspecified atom stereocenters. The van der Waals surface area contributed by atoms with Gasteiger partial charge in [-0.2, -0.15) is 0 Å². The van der Waals surface area contributed by atoms with E-state index in [2.05, 4.69) is 50.0 Å². The van der Waals surface area contributed by atoms with E-state index in [4.69, 9.17) is 0 Å². The SMILES string of the molecule is CC#CCc1ccc(C(C)C)cc1. The summed E-state index contributed by atoms with van der Waals surface area (Å²) in [5.74, 6) is 6.58. The summed E-state index contributed by atoms with van der Waals surface area (Å²) in [6, 6.07) is 8.72. The third-order valence-corrected chi connectivity index (χ3v) is 2.12. The molecule has 0 saturated heterocycles. The Morgan fingerprint density at radius 3 is 2.23 bits per heavy atom. The van der Waals surface area contributed by atoms with Crippen LogP contribution in [0.4, 0.5) is 0 Å². The Bertz CT molecular complexity index is 306. The molecule has 1 aromatic carbocycles. The van der Waals surface area contributed by atoms with Crippen molar-refractivity contribution in [2.75, 3.05) is 0 Å². The smallest absolute Gasteiger partial charge is 0.0340 e. The first-order valence-electron chi connectivity index (χ1n) is 4.72. The van der Waals surface area contributed by atoms with Crippen LogP contribution in [0.15, 0.2) is 24.3 Å². The predicted molar refractivity (Wildman–Crippen MR) is 57.7 cm³/mol. The van der Waals surface area contributed by atoms with Crippen molar-refractivity contribution in [3.8, 4) is 11.8 Å². The maximum absolute atomic E-state index is 3.06. The van der Waals surface area contributed by atoms with Crippen molar-refractivity contribution in [3.63, 3.8) is 0 Å². The maximum atomic E-state index is 3.06. The fraction of sp³-hybridized carbons (Fsp3) is 0.385. The first-order chi connectivity index (χ1) is 6.24. The topological polar surface area (TPSA) is 0 Å². The van der Waals surface area contributed by atoms with Gasteiger partial charge in [0.05, 0.1) is 0 Å². The predicted octanol–water partition coefficient (Wildman–Crippen LogP) is 3.38. The molecular weight excluding hydrogens is 156 g/mol. The molecule has 0 aliphatic heterocycles. The van der Waals surface area contributed by atoms with Gasteiger partial charge in [0.1, 0.15) is 0 Å². The van der Waals surface area contributed by atoms with Gasteiger partial charge in [-0.05, 0) is 24.0 Å². The Morgan fingerprint density at radius 2 is 1.77 bits per heavy atom. The highest BCUT2D eigenvalue weighted by Gasteiger charge is 1.97. The van der Waals surface area contributed by atoms with Crippen molar-refractivity contribution >= 4 is 0 Å². The molecule has 0 aromatic heterocycles. The summed E-state index contributed by atoms with van der Waals surface area (Å²) >= 11 is 0. The van der Waals surface area contributed by atoms with Gasteiger partial charge in [-0.3, -0.25) is 0 Å². The average Bonchev–Trinajstić information content (AvgIpc) is 2.15. The molecule has 0 heterocycles. The highest BCUT2D eigenvalue weighted by atomic mass is 14.0. The molecule has 0 aliphatic carbocycles. The van der Waals surface area contributed by atoms with Crippen LogP contribution in [0.25, 0.3) is 0 Å². The quantitative estimate of drug-likeness (QED) is 0.600. The van der Waals surface area contributed by atoms with Gasteiger partial charge in [0, 0.05) is 6.42 Å². The van der Waals surface area contributed by atoms with E-state index < -0.39 is 0 Å². The Morgan fingerprint density at radius 1 is 1.15 bits per heavy atom. The number of hydrogen-bond donors (Lipinski definition) is 0. The van der Waals surface area contributed by atoms with E-state index in [1.807, 2.05) is 6.92 Å². The van der Waals surface area contributed by atoms with Crippen LogP contribution in [-0.2, 0) is 6.42 Å². The van der Waals surface area contributed by atoms with Crippen LogP contribution in [0.2, 0.25) is 0 Å². The molecule has 0 heteroatoms. The third-order valence-electron chi connectivity index (χ3n) is 2.12. The molecule has 0 bridgehead atoms. The minimum Gasteiger partial charge on any atom is -0.106 e. The second-order valence-corrected chi connectivity index (χ2v) is 3.50. The molecule has 0 spiro atoms. The van der Waals surface area contributed by atoms with Crippen molar-refractivity contribution in [2.24, 2.45) is 0 Å². The summed E-state index contributed by atoms with van der Waals surface area (Å²) in [5, 5.41) is 0. The van der Waals surface area contributed by atoms with E-state index >= 15 is 0 Å². The average molecular weight is 172 g/mol. The van der Waals surface area contributed by atoms with Crippen LogP contribution in [0.3, 0.4) is 0 Å². The molecule has 0 atom stereocenters. The fourth-order valence-electron chi connectivity index (χ4n) is 1.21. The van der Waals surface area contributed by atoms with E-state index in [1.165, 1.54) is 11.1 Å². The number of hydrogen-bond acceptors (Lipinski definition) is 0. The zero-order valence-corrected chi connectivity index (χ0v) is 8.59. The molecular formula is C13H16. The van der Waals surface area contributed by atoms with Crippen LogP contribution >= 0.6 is 0 Å². The standard InChI is InChI=1S/C13H16/c1-4-5-6-12-7-9-13(10-8-12)11(2)3/h7-11H,6H2,1-3H3. The summed E-state index contributed by atoms with van der Waals surface area (Å²) in [7, 11) is 0. The first kappa shape index (κ1) is 9.86. The Hall–Kier alpha value is -1.22. The number of benzene rings is 1. The lowest BCUT2D eigenvalue weighted by atomic mass is 10.0. The lowest BCUT2D eigenvalue weighted by molar-refractivity contribution is 0.865. The minimum absolute atomic E-state index is 0.617. The fourth-order valence-corrected chi connectivity index (χ4v) is 1.21. The summed E-state index contributed by atoms with van der Waals surface area (Å²) in [6.45, 7) is 6.30. The highest BCUT2D eigenvalue weighted by Crippen LogP contribution is 2.14. The van der Waals surface area contributed by atoms with Gasteiger partial charge in [-0.25, -0.2) is 0 Å². The Balaban J connectivity index is 2.73. The lowest BCUT2D eigenvalue weighted by Gasteiger charge is -2.04. The summed E-state index contributed by atoms with van der Waals surface area (Å²) in [6.07, 6.45) is 0.870. The van der Waals surface area contributed by atoms with Crippen molar-refractivity contribution in [1.82, 2.24) is 0 Å². The molecule has 13 heavy (non-hydrogen) atoms. The van der Waals surface area contributed by atoms with Gasteiger partial charge in [-0.15, -0.1) is 5.92 Å². The summed E-state index contributed by atoms with van der Waals surface area (Å²) < 4.78 is 0. The van der Waals surface area contributed by atoms with Gasteiger partial charge in [-0.1, -0.05) is 44.0 Å². The van der Waals surface area contributed by atoms with E-state index in [1.54, 1.807) is 0 Å². The lowest BCUT2D eigenvalue weighted by Crippen LogP contribution is -1.88. The van der Waals surface area contributed by atoms with Crippen molar-refractivity contribution in [3.05, 3.63) is 35.4 Å². The Labute approximate surface area is 81.0 Å². The van der Waals surface area contributed by atoms with Gasteiger partial charge < -0.3 is 0 Å². The molecule has 68 valence electrons. The van der Waals surface area contributed by atoms with Crippen LogP contribution in [0, 0.1) is 11.8 Å². The first-order valence-corrected chi connectivity index (χ1v) is 4.72. The van der Waals surface area contributed by atoms with E-state index in [0.717, 1.165) is 6.42 Å². The van der Waals surface area contributed by atoms with E-state index in [9.17, 15) is 0 Å². The summed E-state index contributed by atoms with van der Waals surface area (Å²) in [5.41, 5.74) is 2.70. The molecule has 0 amide bonds. The highest BCUT2D eigenvalue weighted by molar-refractivity contribution is 5.27. The van der Waals surface area contributed by atoms with E-state index in [0.29, 0.717) is 5.92 Å². The van der Waals surface area contributed by atoms with Crippen LogP contribution in [0.1, 0.15) is 37.8 Å². The molecule has 1 aromatic rings. The second kappa shape index (κ2) is 4.72. The van der Waals surface area contributed by atoms with Gasteiger partial charge in [0.2, 0.25) is 0 Å². The molecule has 0 aliphatic rings. The molecule has 1 rings (SSSR count). The minimum atomic E-state index is 0.617. The van der Waals surface area contributed by atoms with Gasteiger partial charge >= 0.3 is 0 Å². The van der Waals surface area contributed by atoms with Crippen molar-refractivity contribution in [2.45, 2.75) is 33.1 Å². The van der Waals surface area contributed by atoms with Crippen LogP contribution in [0.5, 0.6) is 0 Å². The molecule has 0 nitrogen and oxygen atoms in total. The van der Waals surface area contributed by atoms with E-state index in [-0.39, 0.29) is 0 Å². The van der Waals surface area contributed by atoms with Crippen LogP contribution < -0.4 is 0 Å². The molecule has 0 fully saturated rings. The van der Waals surface area contributed by atoms with Gasteiger partial charge in [0.25, 0.3) is 0 Å². The third kappa shape index (κ3) is 2.95. The summed E-state index contributed by atoms with van der Waals surface area (Å²) in [4.78, 5) is 0. The Kier molecular flexibility index (Phi) is 3.58. The number of rotatable bonds is 2. The zero-order valence-electron chi connectivity index (χ0n) is 8.59. The largest absolute Gasteiger partial charge is 0.106 e. The monoisotopic (exact) mass is 172 g/mol. The molecule has 0 N–H and O–H groups in total. The normalized spacial score (nSPS) is 9.54. The molecule has 0 saturated carbocycles. The zero-order chi connectivity index (χ0) is 9.68. The van der Waals surface area contributed by atoms with Gasteiger partial charge in [0.15, 0.2) is 0 Å². The maximum Gasteiger partial charge on any atom is 0.0340 e. The molecule has 0 radical (unpaired) electrons. The second-order valence-electron chi connectivity index (χ2n) is 3.50. The van der Waals surface area contributed by atoms with Crippen molar-refractivity contribution in [1.29, 1.82) is 0 Å². The van der Waals surface area contributed by atoms with Crippen molar-refractivity contribution < 1.29 is 0 Å².